The van der Waals surface area contributed by atoms with Gasteiger partial charge in [-0.15, -0.1) is 0 Å². The van der Waals surface area contributed by atoms with Gasteiger partial charge in [0.15, 0.2) is 6.61 Å². The first-order valence-electron chi connectivity index (χ1n) is 11.9. The minimum atomic E-state index is -0.766. The number of ether oxygens (including phenoxy) is 2. The van der Waals surface area contributed by atoms with Crippen molar-refractivity contribution < 1.29 is 19.1 Å². The third-order valence-electron chi connectivity index (χ3n) is 5.50. The third-order valence-corrected chi connectivity index (χ3v) is 6.36. The van der Waals surface area contributed by atoms with Gasteiger partial charge in [0.05, 0.1) is 11.6 Å². The molecule has 0 aliphatic rings. The molecule has 6 nitrogen and oxygen atoms in total. The summed E-state index contributed by atoms with van der Waals surface area (Å²) in [4.78, 5) is 28.9. The Bertz CT molecular complexity index is 1210. The summed E-state index contributed by atoms with van der Waals surface area (Å²) >= 11 is 9.46. The van der Waals surface area contributed by atoms with Crippen molar-refractivity contribution >= 4 is 39.3 Å². The van der Waals surface area contributed by atoms with E-state index in [9.17, 15) is 9.59 Å². The molecule has 196 valence electrons. The Kier molecular flexibility index (Phi) is 10.0. The van der Waals surface area contributed by atoms with Crippen LogP contribution in [-0.4, -0.2) is 42.0 Å². The number of nitrogens with zero attached hydrogens (tertiary/aromatic N) is 1. The average molecular weight is 588 g/mol. The molecule has 0 bridgehead atoms. The molecule has 0 spiro atoms. The van der Waals surface area contributed by atoms with Crippen molar-refractivity contribution in [3.05, 3.63) is 93.4 Å². The van der Waals surface area contributed by atoms with E-state index in [1.165, 1.54) is 0 Å². The molecule has 0 fully saturated rings. The molecule has 1 atom stereocenters. The summed E-state index contributed by atoms with van der Waals surface area (Å²) in [5, 5.41) is 3.60. The molecule has 0 heterocycles. The van der Waals surface area contributed by atoms with Crippen LogP contribution < -0.4 is 14.8 Å². The van der Waals surface area contributed by atoms with Gasteiger partial charge in [-0.1, -0.05) is 54.1 Å². The van der Waals surface area contributed by atoms with Gasteiger partial charge in [0, 0.05) is 23.5 Å². The first-order valence-corrected chi connectivity index (χ1v) is 13.1. The predicted molar refractivity (Wildman–Crippen MR) is 150 cm³/mol. The van der Waals surface area contributed by atoms with Gasteiger partial charge < -0.3 is 19.7 Å². The molecule has 37 heavy (non-hydrogen) atoms. The number of halogens is 2. The minimum Gasteiger partial charge on any atom is -0.497 e. The van der Waals surface area contributed by atoms with Crippen LogP contribution in [0.2, 0.25) is 5.02 Å². The Hall–Kier alpha value is -3.03. The summed E-state index contributed by atoms with van der Waals surface area (Å²) in [6.07, 6.45) is 0.350. The van der Waals surface area contributed by atoms with Gasteiger partial charge in [0.1, 0.15) is 17.5 Å². The average Bonchev–Trinajstić information content (AvgIpc) is 2.85. The van der Waals surface area contributed by atoms with Crippen molar-refractivity contribution in [3.8, 4) is 11.5 Å². The summed E-state index contributed by atoms with van der Waals surface area (Å²) < 4.78 is 11.9. The fourth-order valence-electron chi connectivity index (χ4n) is 3.79. The van der Waals surface area contributed by atoms with Crippen LogP contribution in [0.5, 0.6) is 11.5 Å². The first-order chi connectivity index (χ1) is 17.6. The van der Waals surface area contributed by atoms with E-state index < -0.39 is 11.6 Å². The van der Waals surface area contributed by atoms with Crippen LogP contribution in [0.3, 0.4) is 0 Å². The van der Waals surface area contributed by atoms with Crippen LogP contribution >= 0.6 is 27.5 Å². The molecule has 0 aliphatic heterocycles. The van der Waals surface area contributed by atoms with Gasteiger partial charge in [-0.3, -0.25) is 9.59 Å². The van der Waals surface area contributed by atoms with Gasteiger partial charge in [-0.25, -0.2) is 0 Å². The maximum atomic E-state index is 13.7. The summed E-state index contributed by atoms with van der Waals surface area (Å²) in [6.45, 7) is 5.70. The number of nitrogens with one attached hydrogen (secondary N) is 1. The smallest absolute Gasteiger partial charge is 0.261 e. The number of benzene rings is 3. The number of rotatable bonds is 10. The topological polar surface area (TPSA) is 67.9 Å². The Morgan fingerprint density at radius 3 is 2.35 bits per heavy atom. The van der Waals surface area contributed by atoms with Crippen molar-refractivity contribution in [1.29, 1.82) is 0 Å². The highest BCUT2D eigenvalue weighted by atomic mass is 79.9. The number of carbonyl (C=O) groups is 2. The van der Waals surface area contributed by atoms with Crippen molar-refractivity contribution in [1.82, 2.24) is 10.2 Å². The largest absolute Gasteiger partial charge is 0.497 e. The van der Waals surface area contributed by atoms with Crippen LogP contribution in [0.25, 0.3) is 0 Å². The third kappa shape index (κ3) is 8.79. The van der Waals surface area contributed by atoms with Gasteiger partial charge in [0.2, 0.25) is 5.91 Å². The molecule has 0 saturated carbocycles. The molecule has 0 saturated heterocycles. The summed E-state index contributed by atoms with van der Waals surface area (Å²) in [7, 11) is 1.59. The lowest BCUT2D eigenvalue weighted by Gasteiger charge is -2.33. The second-order valence-corrected chi connectivity index (χ2v) is 11.0. The van der Waals surface area contributed by atoms with Crippen molar-refractivity contribution in [3.63, 3.8) is 0 Å². The highest BCUT2D eigenvalue weighted by Crippen LogP contribution is 2.28. The second kappa shape index (κ2) is 13.0. The first kappa shape index (κ1) is 28.5. The standard InChI is InChI=1S/C29H32BrClN2O4/c1-29(2,3)32-28(35)25(16-20-9-6-5-7-10-20)33(18-21-11-8-12-23(15-21)36-4)27(34)19-37-26-14-13-22(31)17-24(26)30/h5-15,17,25H,16,18-19H2,1-4H3,(H,32,35)/t25-/m0/s1. The van der Waals surface area contributed by atoms with Gasteiger partial charge in [-0.05, 0) is 78.2 Å². The summed E-state index contributed by atoms with van der Waals surface area (Å²) in [5.41, 5.74) is 1.31. The van der Waals surface area contributed by atoms with Crippen LogP contribution in [0.1, 0.15) is 31.9 Å². The molecule has 0 radical (unpaired) electrons. The van der Waals surface area contributed by atoms with E-state index in [0.29, 0.717) is 27.4 Å². The number of carbonyl (C=O) groups excluding carboxylic acids is 2. The fourth-order valence-corrected chi connectivity index (χ4v) is 4.59. The van der Waals surface area contributed by atoms with Crippen molar-refractivity contribution in [2.75, 3.05) is 13.7 Å². The fraction of sp³-hybridized carbons (Fsp3) is 0.310. The molecule has 3 aromatic rings. The molecule has 1 N–H and O–H groups in total. The Morgan fingerprint density at radius 2 is 1.70 bits per heavy atom. The van der Waals surface area contributed by atoms with Crippen LogP contribution in [-0.2, 0) is 22.6 Å². The lowest BCUT2D eigenvalue weighted by molar-refractivity contribution is -0.143. The number of hydrogen-bond acceptors (Lipinski definition) is 4. The molecule has 3 aromatic carbocycles. The van der Waals surface area contributed by atoms with E-state index >= 15 is 0 Å². The maximum Gasteiger partial charge on any atom is 0.261 e. The van der Waals surface area contributed by atoms with Gasteiger partial charge >= 0.3 is 0 Å². The molecule has 2 amide bonds. The predicted octanol–water partition coefficient (Wildman–Crippen LogP) is 6.04. The monoisotopic (exact) mass is 586 g/mol. The van der Waals surface area contributed by atoms with Crippen LogP contribution in [0.4, 0.5) is 0 Å². The Labute approximate surface area is 232 Å². The van der Waals surface area contributed by atoms with E-state index in [2.05, 4.69) is 21.2 Å². The van der Waals surface area contributed by atoms with E-state index in [1.54, 1.807) is 30.2 Å². The van der Waals surface area contributed by atoms with E-state index in [-0.39, 0.29) is 25.0 Å². The Morgan fingerprint density at radius 1 is 1.00 bits per heavy atom. The lowest BCUT2D eigenvalue weighted by atomic mass is 10.0. The number of amides is 2. The zero-order chi connectivity index (χ0) is 27.0. The zero-order valence-corrected chi connectivity index (χ0v) is 23.8. The highest BCUT2D eigenvalue weighted by Gasteiger charge is 2.32. The van der Waals surface area contributed by atoms with Gasteiger partial charge in [-0.2, -0.15) is 0 Å². The van der Waals surface area contributed by atoms with Gasteiger partial charge in [0.25, 0.3) is 5.91 Å². The molecular weight excluding hydrogens is 556 g/mol. The quantitative estimate of drug-likeness (QED) is 0.314. The molecule has 8 heteroatoms. The van der Waals surface area contributed by atoms with Crippen molar-refractivity contribution in [2.45, 2.75) is 45.3 Å². The van der Waals surface area contributed by atoms with Crippen LogP contribution in [0, 0.1) is 0 Å². The minimum absolute atomic E-state index is 0.205. The molecule has 3 rings (SSSR count). The lowest BCUT2D eigenvalue weighted by Crippen LogP contribution is -2.55. The normalized spacial score (nSPS) is 11.9. The SMILES string of the molecule is COc1cccc(CN(C(=O)COc2ccc(Cl)cc2Br)[C@@H](Cc2ccccc2)C(=O)NC(C)(C)C)c1. The molecular formula is C29H32BrClN2O4. The molecule has 0 aliphatic carbocycles. The van der Waals surface area contributed by atoms with E-state index in [4.69, 9.17) is 21.1 Å². The molecule has 0 aromatic heterocycles. The highest BCUT2D eigenvalue weighted by molar-refractivity contribution is 9.10. The summed E-state index contributed by atoms with van der Waals surface area (Å²) in [5.74, 6) is 0.595. The zero-order valence-electron chi connectivity index (χ0n) is 21.5. The van der Waals surface area contributed by atoms with E-state index in [0.717, 1.165) is 11.1 Å². The van der Waals surface area contributed by atoms with E-state index in [1.807, 2.05) is 75.4 Å². The van der Waals surface area contributed by atoms with Crippen molar-refractivity contribution in [2.24, 2.45) is 0 Å². The van der Waals surface area contributed by atoms with Crippen LogP contribution in [0.15, 0.2) is 77.3 Å². The molecule has 0 unspecified atom stereocenters. The second-order valence-electron chi connectivity index (χ2n) is 9.68. The summed E-state index contributed by atoms with van der Waals surface area (Å²) in [6, 6.07) is 21.4. The Balaban J connectivity index is 1.95. The number of hydrogen-bond donors (Lipinski definition) is 1. The number of methoxy groups -OCH3 is 1. The maximum absolute atomic E-state index is 13.7.